The zero-order valence-corrected chi connectivity index (χ0v) is 14.9. The van der Waals surface area contributed by atoms with Gasteiger partial charge in [0, 0.05) is 6.20 Å². The van der Waals surface area contributed by atoms with Crippen LogP contribution in [-0.2, 0) is 0 Å². The summed E-state index contributed by atoms with van der Waals surface area (Å²) in [5, 5.41) is 4.35. The van der Waals surface area contributed by atoms with E-state index >= 15 is 0 Å². The fourth-order valence-electron chi connectivity index (χ4n) is 3.22. The lowest BCUT2D eigenvalue weighted by Gasteiger charge is -2.40. The van der Waals surface area contributed by atoms with Crippen LogP contribution in [-0.4, -0.2) is 19.6 Å². The first-order valence-electron chi connectivity index (χ1n) is 8.08. The minimum atomic E-state index is -9.71. The van der Waals surface area contributed by atoms with Crippen molar-refractivity contribution in [3.63, 3.8) is 0 Å². The fraction of sp³-hybridized carbons (Fsp3) is 0.312. The van der Waals surface area contributed by atoms with Gasteiger partial charge in [0.15, 0.2) is 5.82 Å². The molecule has 1 aliphatic rings. The molecule has 1 atom stereocenters. The number of nitrogen functional groups attached to an aromatic ring is 1. The first-order chi connectivity index (χ1) is 12.3. The molecule has 1 saturated carbocycles. The predicted molar refractivity (Wildman–Crippen MR) is 92.2 cm³/mol. The molecule has 0 unspecified atom stereocenters. The fourth-order valence-corrected chi connectivity index (χ4v) is 3.87. The van der Waals surface area contributed by atoms with Crippen molar-refractivity contribution in [2.45, 2.75) is 30.6 Å². The van der Waals surface area contributed by atoms with E-state index in [1.54, 1.807) is 6.07 Å². The lowest BCUT2D eigenvalue weighted by Crippen LogP contribution is -2.15. The molecule has 1 aromatic carbocycles. The van der Waals surface area contributed by atoms with Crippen molar-refractivity contribution < 1.29 is 19.4 Å². The molecule has 0 saturated heterocycles. The third-order valence-corrected chi connectivity index (χ3v) is 6.10. The van der Waals surface area contributed by atoms with Crippen molar-refractivity contribution in [3.05, 3.63) is 47.9 Å². The van der Waals surface area contributed by atoms with Crippen LogP contribution in [0.4, 0.5) is 25.2 Å². The van der Waals surface area contributed by atoms with Crippen LogP contribution in [0.25, 0.3) is 5.78 Å². The summed E-state index contributed by atoms with van der Waals surface area (Å²) in [6, 6.07) is 4.55. The Morgan fingerprint density at radius 1 is 1.07 bits per heavy atom. The summed E-state index contributed by atoms with van der Waals surface area (Å²) < 4.78 is 66.3. The van der Waals surface area contributed by atoms with Crippen LogP contribution in [0.15, 0.2) is 41.4 Å². The number of rotatable bonds is 4. The average Bonchev–Trinajstić information content (AvgIpc) is 3.12. The summed E-state index contributed by atoms with van der Waals surface area (Å²) in [6.45, 7) is 1.96. The molecule has 5 nitrogen and oxygen atoms in total. The van der Waals surface area contributed by atoms with Gasteiger partial charge in [0.05, 0.1) is 5.92 Å². The van der Waals surface area contributed by atoms with Gasteiger partial charge in [-0.15, -0.1) is 5.10 Å². The van der Waals surface area contributed by atoms with E-state index in [4.69, 9.17) is 5.73 Å². The average molecular weight is 405 g/mol. The van der Waals surface area contributed by atoms with E-state index in [-0.39, 0.29) is 11.2 Å². The van der Waals surface area contributed by atoms with Crippen LogP contribution >= 0.6 is 10.2 Å². The summed E-state index contributed by atoms with van der Waals surface area (Å²) >= 11 is 0. The van der Waals surface area contributed by atoms with E-state index in [1.165, 1.54) is 10.7 Å². The highest BCUT2D eigenvalue weighted by atomic mass is 32.5. The molecule has 1 fully saturated rings. The third kappa shape index (κ3) is 3.20. The molecule has 4 rings (SSSR count). The molecule has 2 aromatic heterocycles. The molecule has 0 spiro atoms. The minimum absolute atomic E-state index is 0.267. The van der Waals surface area contributed by atoms with Crippen LogP contribution in [0, 0.1) is 5.41 Å². The maximum atomic E-state index is 13.0. The summed E-state index contributed by atoms with van der Waals surface area (Å²) in [5.74, 6) is 0.476. The standard InChI is InChI=1S/C16H16F5N5S/c1-16(7-8-16)13(14-24-15-23-9-6-12(22)26(15)25-14)10-2-4-11(5-3-10)27(17,18,19,20)21/h2-6,9,13H,7-8,22H2,1H3/t13-/m1/s1. The van der Waals surface area contributed by atoms with Gasteiger partial charge in [0.2, 0.25) is 0 Å². The summed E-state index contributed by atoms with van der Waals surface area (Å²) in [6.07, 6.45) is 3.11. The minimum Gasteiger partial charge on any atom is -0.383 e. The van der Waals surface area contributed by atoms with Crippen LogP contribution in [0.1, 0.15) is 37.1 Å². The Morgan fingerprint density at radius 3 is 2.22 bits per heavy atom. The lowest BCUT2D eigenvalue weighted by atomic mass is 9.84. The van der Waals surface area contributed by atoms with Gasteiger partial charge in [-0.1, -0.05) is 38.5 Å². The number of halogens is 5. The molecule has 0 radical (unpaired) electrons. The van der Waals surface area contributed by atoms with Crippen LogP contribution < -0.4 is 5.73 Å². The molecule has 146 valence electrons. The summed E-state index contributed by atoms with van der Waals surface area (Å²) in [5.41, 5.74) is 6.02. The molecule has 0 aliphatic heterocycles. The SMILES string of the molecule is CC1([C@H](c2ccc(S(F)(F)(F)(F)F)cc2)c2nc3nccc(N)n3n2)CC1. The van der Waals surface area contributed by atoms with E-state index in [1.807, 2.05) is 6.92 Å². The molecule has 0 amide bonds. The van der Waals surface area contributed by atoms with Gasteiger partial charge >= 0.3 is 10.2 Å². The van der Waals surface area contributed by atoms with Crippen molar-refractivity contribution in [2.24, 2.45) is 5.41 Å². The van der Waals surface area contributed by atoms with Gasteiger partial charge in [0.1, 0.15) is 10.7 Å². The smallest absolute Gasteiger partial charge is 0.310 e. The Kier molecular flexibility index (Phi) is 3.12. The number of fused-ring (bicyclic) bond motifs is 1. The molecule has 2 N–H and O–H groups in total. The quantitative estimate of drug-likeness (QED) is 0.599. The number of benzene rings is 1. The highest BCUT2D eigenvalue weighted by Crippen LogP contribution is 3.02. The van der Waals surface area contributed by atoms with Gasteiger partial charge in [-0.2, -0.15) is 9.50 Å². The van der Waals surface area contributed by atoms with Crippen molar-refractivity contribution in [1.29, 1.82) is 0 Å². The van der Waals surface area contributed by atoms with Crippen LogP contribution in [0.3, 0.4) is 0 Å². The normalized spacial score (nSPS) is 20.1. The summed E-state index contributed by atoms with van der Waals surface area (Å²) in [4.78, 5) is 6.52. The first-order valence-corrected chi connectivity index (χ1v) is 10.0. The van der Waals surface area contributed by atoms with Gasteiger partial charge in [-0.25, -0.2) is 4.98 Å². The zero-order chi connectivity index (χ0) is 19.7. The Morgan fingerprint density at radius 2 is 1.70 bits per heavy atom. The molecule has 11 heteroatoms. The number of nitrogens with two attached hydrogens (primary N) is 1. The number of anilines is 1. The number of hydrogen-bond acceptors (Lipinski definition) is 4. The van der Waals surface area contributed by atoms with Crippen LogP contribution in [0.2, 0.25) is 0 Å². The topological polar surface area (TPSA) is 69.1 Å². The second kappa shape index (κ2) is 4.70. The van der Waals surface area contributed by atoms with Gasteiger partial charge < -0.3 is 5.73 Å². The van der Waals surface area contributed by atoms with E-state index in [0.717, 1.165) is 25.0 Å². The zero-order valence-electron chi connectivity index (χ0n) is 14.1. The van der Waals surface area contributed by atoms with Crippen molar-refractivity contribution >= 4 is 21.8 Å². The largest absolute Gasteiger partial charge is 0.383 e. The van der Waals surface area contributed by atoms with Crippen molar-refractivity contribution in [3.8, 4) is 0 Å². The highest BCUT2D eigenvalue weighted by molar-refractivity contribution is 8.45. The number of aromatic nitrogens is 4. The van der Waals surface area contributed by atoms with Gasteiger partial charge in [-0.05, 0) is 42.0 Å². The van der Waals surface area contributed by atoms with Crippen molar-refractivity contribution in [2.75, 3.05) is 5.73 Å². The summed E-state index contributed by atoms with van der Waals surface area (Å²) in [7, 11) is -9.71. The maximum absolute atomic E-state index is 13.0. The highest BCUT2D eigenvalue weighted by Gasteiger charge is 2.65. The number of nitrogens with zero attached hydrogens (tertiary/aromatic N) is 4. The lowest BCUT2D eigenvalue weighted by molar-refractivity contribution is 0.364. The Hall–Kier alpha value is -2.43. The van der Waals surface area contributed by atoms with Crippen LogP contribution in [0.5, 0.6) is 0 Å². The molecule has 3 aromatic rings. The van der Waals surface area contributed by atoms with E-state index in [9.17, 15) is 19.4 Å². The monoisotopic (exact) mass is 405 g/mol. The molecule has 27 heavy (non-hydrogen) atoms. The second-order valence-electron chi connectivity index (χ2n) is 7.18. The Bertz CT molecular complexity index is 1040. The molecule has 1 aliphatic carbocycles. The molecule has 2 heterocycles. The Balaban J connectivity index is 1.81. The van der Waals surface area contributed by atoms with Gasteiger partial charge in [0.25, 0.3) is 5.78 Å². The van der Waals surface area contributed by atoms with E-state index < -0.39 is 21.0 Å². The molecular formula is C16H16F5N5S. The Labute approximate surface area is 151 Å². The van der Waals surface area contributed by atoms with Crippen molar-refractivity contribution in [1.82, 2.24) is 19.6 Å². The van der Waals surface area contributed by atoms with Gasteiger partial charge in [-0.3, -0.25) is 0 Å². The first kappa shape index (κ1) is 18.0. The second-order valence-corrected chi connectivity index (χ2v) is 9.59. The van der Waals surface area contributed by atoms with E-state index in [0.29, 0.717) is 29.3 Å². The molecular weight excluding hydrogens is 389 g/mol. The predicted octanol–water partition coefficient (Wildman–Crippen LogP) is 5.30. The third-order valence-electron chi connectivity index (χ3n) is 4.94. The van der Waals surface area contributed by atoms with E-state index in [2.05, 4.69) is 15.1 Å². The maximum Gasteiger partial charge on any atom is 0.310 e. The number of hydrogen-bond donors (Lipinski definition) is 1. The molecule has 0 bridgehead atoms.